The molecule has 0 fully saturated rings. The van der Waals surface area contributed by atoms with Gasteiger partial charge in [-0.1, -0.05) is 26.3 Å². The number of hydrogen-bond acceptors (Lipinski definition) is 4. The largest absolute Gasteiger partial charge is 0.370 e. The number of aryl methyl sites for hydroxylation is 1. The molecule has 2 heterocycles. The predicted octanol–water partition coefficient (Wildman–Crippen LogP) is 3.24. The first-order valence-corrected chi connectivity index (χ1v) is 7.32. The van der Waals surface area contributed by atoms with Crippen molar-refractivity contribution in [3.8, 4) is 0 Å². The van der Waals surface area contributed by atoms with Crippen molar-refractivity contribution >= 4 is 5.82 Å². The minimum atomic E-state index is 0.680. The molecular formula is C16H22N4. The quantitative estimate of drug-likeness (QED) is 0.839. The average Bonchev–Trinajstić information content (AvgIpc) is 2.46. The van der Waals surface area contributed by atoms with Crippen molar-refractivity contribution in [1.82, 2.24) is 15.0 Å². The Bertz CT molecular complexity index is 525. The average molecular weight is 270 g/mol. The molecule has 0 bridgehead atoms. The van der Waals surface area contributed by atoms with Gasteiger partial charge in [-0.25, -0.2) is 9.97 Å². The zero-order valence-electron chi connectivity index (χ0n) is 12.3. The van der Waals surface area contributed by atoms with E-state index in [4.69, 9.17) is 0 Å². The molecule has 4 heteroatoms. The minimum Gasteiger partial charge on any atom is -0.370 e. The predicted molar refractivity (Wildman–Crippen MR) is 81.9 cm³/mol. The van der Waals surface area contributed by atoms with Crippen LogP contribution in [0.5, 0.6) is 0 Å². The van der Waals surface area contributed by atoms with Gasteiger partial charge in [-0.2, -0.15) is 0 Å². The van der Waals surface area contributed by atoms with E-state index in [9.17, 15) is 0 Å². The van der Waals surface area contributed by atoms with Crippen LogP contribution in [-0.4, -0.2) is 21.5 Å². The van der Waals surface area contributed by atoms with Crippen LogP contribution in [0.15, 0.2) is 30.5 Å². The number of hydrogen-bond donors (Lipinski definition) is 1. The smallest absolute Gasteiger partial charge is 0.136 e. The van der Waals surface area contributed by atoms with Crippen LogP contribution < -0.4 is 5.32 Å². The van der Waals surface area contributed by atoms with E-state index in [2.05, 4.69) is 40.2 Å². The molecule has 0 aliphatic heterocycles. The van der Waals surface area contributed by atoms with Gasteiger partial charge in [0, 0.05) is 30.2 Å². The molecule has 0 amide bonds. The van der Waals surface area contributed by atoms with Crippen molar-refractivity contribution in [2.45, 2.75) is 39.5 Å². The number of pyridine rings is 1. The Labute approximate surface area is 120 Å². The Hall–Kier alpha value is -1.97. The van der Waals surface area contributed by atoms with Crippen LogP contribution in [0, 0.1) is 0 Å². The topological polar surface area (TPSA) is 50.7 Å². The summed E-state index contributed by atoms with van der Waals surface area (Å²) in [6.45, 7) is 5.25. The molecule has 0 unspecified atom stereocenters. The van der Waals surface area contributed by atoms with E-state index in [1.807, 2.05) is 24.4 Å². The fraction of sp³-hybridized carbons (Fsp3) is 0.438. The summed E-state index contributed by atoms with van der Waals surface area (Å²) < 4.78 is 0. The second-order valence-corrected chi connectivity index (χ2v) is 4.84. The molecule has 0 aliphatic carbocycles. The molecule has 2 aromatic heterocycles. The second kappa shape index (κ2) is 7.58. The molecule has 4 nitrogen and oxygen atoms in total. The number of aromatic nitrogens is 3. The van der Waals surface area contributed by atoms with Crippen molar-refractivity contribution in [1.29, 1.82) is 0 Å². The molecule has 0 aliphatic rings. The number of nitrogens with zero attached hydrogens (tertiary/aromatic N) is 3. The zero-order valence-corrected chi connectivity index (χ0v) is 12.3. The van der Waals surface area contributed by atoms with Crippen LogP contribution >= 0.6 is 0 Å². The lowest BCUT2D eigenvalue weighted by molar-refractivity contribution is 0.833. The zero-order chi connectivity index (χ0) is 14.2. The van der Waals surface area contributed by atoms with Crippen LogP contribution in [0.2, 0.25) is 0 Å². The lowest BCUT2D eigenvalue weighted by Crippen LogP contribution is -2.08. The molecule has 20 heavy (non-hydrogen) atoms. The van der Waals surface area contributed by atoms with Crippen LogP contribution in [0.25, 0.3) is 0 Å². The van der Waals surface area contributed by atoms with Crippen molar-refractivity contribution in [3.63, 3.8) is 0 Å². The first kappa shape index (κ1) is 14.4. The van der Waals surface area contributed by atoms with E-state index in [0.29, 0.717) is 6.42 Å². The lowest BCUT2D eigenvalue weighted by Gasteiger charge is -2.09. The van der Waals surface area contributed by atoms with Crippen LogP contribution in [-0.2, 0) is 12.8 Å². The molecule has 2 aromatic rings. The maximum atomic E-state index is 4.64. The monoisotopic (exact) mass is 270 g/mol. The highest BCUT2D eigenvalue weighted by molar-refractivity contribution is 5.36. The van der Waals surface area contributed by atoms with Gasteiger partial charge >= 0.3 is 0 Å². The van der Waals surface area contributed by atoms with Crippen molar-refractivity contribution in [3.05, 3.63) is 47.7 Å². The first-order valence-electron chi connectivity index (χ1n) is 7.32. The standard InChI is InChI=1S/C16H22N4/c1-3-7-14-12-15(18-9-4-2)20-16(19-14)11-13-8-5-6-10-17-13/h5-6,8,10,12H,3-4,7,9,11H2,1-2H3,(H,18,19,20). The van der Waals surface area contributed by atoms with Crippen LogP contribution in [0.1, 0.15) is 43.9 Å². The van der Waals surface area contributed by atoms with Gasteiger partial charge in [0.1, 0.15) is 11.6 Å². The van der Waals surface area contributed by atoms with E-state index in [-0.39, 0.29) is 0 Å². The highest BCUT2D eigenvalue weighted by atomic mass is 15.0. The first-order chi connectivity index (χ1) is 9.81. The highest BCUT2D eigenvalue weighted by Crippen LogP contribution is 2.11. The fourth-order valence-corrected chi connectivity index (χ4v) is 2.02. The van der Waals surface area contributed by atoms with E-state index in [1.165, 1.54) is 0 Å². The van der Waals surface area contributed by atoms with Crippen LogP contribution in [0.3, 0.4) is 0 Å². The van der Waals surface area contributed by atoms with E-state index >= 15 is 0 Å². The summed E-state index contributed by atoms with van der Waals surface area (Å²) in [6, 6.07) is 7.98. The van der Waals surface area contributed by atoms with Crippen molar-refractivity contribution in [2.24, 2.45) is 0 Å². The fourth-order valence-electron chi connectivity index (χ4n) is 2.02. The summed E-state index contributed by atoms with van der Waals surface area (Å²) in [5.74, 6) is 1.77. The van der Waals surface area contributed by atoms with Gasteiger partial charge in [-0.05, 0) is 25.0 Å². The summed E-state index contributed by atoms with van der Waals surface area (Å²) in [5.41, 5.74) is 2.11. The summed E-state index contributed by atoms with van der Waals surface area (Å²) in [4.78, 5) is 13.6. The van der Waals surface area contributed by atoms with Gasteiger partial charge in [0.25, 0.3) is 0 Å². The maximum absolute atomic E-state index is 4.64. The third kappa shape index (κ3) is 4.30. The minimum absolute atomic E-state index is 0.680. The molecule has 0 atom stereocenters. The van der Waals surface area contributed by atoms with Gasteiger partial charge in [0.15, 0.2) is 0 Å². The third-order valence-electron chi connectivity index (χ3n) is 2.95. The molecule has 2 rings (SSSR count). The Morgan fingerprint density at radius 2 is 1.95 bits per heavy atom. The highest BCUT2D eigenvalue weighted by Gasteiger charge is 2.06. The molecule has 106 valence electrons. The summed E-state index contributed by atoms with van der Waals surface area (Å²) in [6.07, 6.45) is 5.65. The normalized spacial score (nSPS) is 10.5. The molecule has 0 spiro atoms. The Balaban J connectivity index is 2.19. The van der Waals surface area contributed by atoms with Gasteiger partial charge in [0.05, 0.1) is 6.42 Å². The van der Waals surface area contributed by atoms with Crippen LogP contribution in [0.4, 0.5) is 5.82 Å². The van der Waals surface area contributed by atoms with Gasteiger partial charge < -0.3 is 5.32 Å². The van der Waals surface area contributed by atoms with Crippen molar-refractivity contribution in [2.75, 3.05) is 11.9 Å². The summed E-state index contributed by atoms with van der Waals surface area (Å²) in [7, 11) is 0. The summed E-state index contributed by atoms with van der Waals surface area (Å²) >= 11 is 0. The Kier molecular flexibility index (Phi) is 5.47. The van der Waals surface area contributed by atoms with Gasteiger partial charge in [-0.3, -0.25) is 4.98 Å². The number of anilines is 1. The van der Waals surface area contributed by atoms with Gasteiger partial charge in [0.2, 0.25) is 0 Å². The second-order valence-electron chi connectivity index (χ2n) is 4.84. The number of nitrogens with one attached hydrogen (secondary N) is 1. The lowest BCUT2D eigenvalue weighted by atomic mass is 10.2. The SMILES string of the molecule is CCCNc1cc(CCC)nc(Cc2ccccn2)n1. The van der Waals surface area contributed by atoms with E-state index < -0.39 is 0 Å². The molecule has 0 saturated heterocycles. The molecule has 0 radical (unpaired) electrons. The van der Waals surface area contributed by atoms with Crippen molar-refractivity contribution < 1.29 is 0 Å². The number of rotatable bonds is 7. The Morgan fingerprint density at radius 1 is 1.05 bits per heavy atom. The van der Waals surface area contributed by atoms with E-state index in [1.54, 1.807) is 0 Å². The van der Waals surface area contributed by atoms with Gasteiger partial charge in [-0.15, -0.1) is 0 Å². The van der Waals surface area contributed by atoms with E-state index in [0.717, 1.165) is 48.8 Å². The maximum Gasteiger partial charge on any atom is 0.136 e. The Morgan fingerprint density at radius 3 is 2.65 bits per heavy atom. The molecule has 1 N–H and O–H groups in total. The third-order valence-corrected chi connectivity index (χ3v) is 2.95. The molecule has 0 aromatic carbocycles. The summed E-state index contributed by atoms with van der Waals surface area (Å²) in [5, 5.41) is 3.35. The molecular weight excluding hydrogens is 248 g/mol. The molecule has 0 saturated carbocycles.